The van der Waals surface area contributed by atoms with E-state index in [-0.39, 0.29) is 5.43 Å². The number of carboxylic acid groups (broad SMARTS) is 1. The van der Waals surface area contributed by atoms with Gasteiger partial charge in [-0.3, -0.25) is 4.79 Å². The van der Waals surface area contributed by atoms with Crippen molar-refractivity contribution in [2.45, 2.75) is 32.0 Å². The number of alkyl halides is 3. The first kappa shape index (κ1) is 27.9. The molecule has 4 aromatic rings. The molecule has 8 nitrogen and oxygen atoms in total. The van der Waals surface area contributed by atoms with E-state index in [9.17, 15) is 18.0 Å². The minimum Gasteiger partial charge on any atom is -0.475 e. The number of nitrogens with one attached hydrogen (secondary N) is 1. The first-order valence-electron chi connectivity index (χ1n) is 12.1. The molecule has 0 saturated carbocycles. The van der Waals surface area contributed by atoms with E-state index in [1.807, 2.05) is 53.2 Å². The van der Waals surface area contributed by atoms with Crippen molar-refractivity contribution in [2.24, 2.45) is 0 Å². The van der Waals surface area contributed by atoms with Crippen LogP contribution in [0.3, 0.4) is 0 Å². The fourth-order valence-electron chi connectivity index (χ4n) is 4.21. The zero-order valence-corrected chi connectivity index (χ0v) is 21.4. The van der Waals surface area contributed by atoms with E-state index in [1.165, 1.54) is 19.3 Å². The molecule has 2 aromatic heterocycles. The van der Waals surface area contributed by atoms with Crippen LogP contribution in [0.25, 0.3) is 16.6 Å². The SMILES string of the molecule is O=C(O)C(F)(F)F.O=c1c(CNc2cc(N3CCCCC3)ncn2)cn(-c2ccccc2)c2cc(Cl)ccc12. The van der Waals surface area contributed by atoms with Gasteiger partial charge in [0.25, 0.3) is 0 Å². The van der Waals surface area contributed by atoms with Gasteiger partial charge in [0.15, 0.2) is 5.43 Å². The molecule has 2 aromatic carbocycles. The number of anilines is 2. The number of piperidine rings is 1. The molecule has 0 radical (unpaired) electrons. The van der Waals surface area contributed by atoms with E-state index in [2.05, 4.69) is 20.2 Å². The fraction of sp³-hybridized carbons (Fsp3) is 0.259. The zero-order valence-electron chi connectivity index (χ0n) is 20.7. The maximum Gasteiger partial charge on any atom is 0.490 e. The lowest BCUT2D eigenvalue weighted by Crippen LogP contribution is -2.30. The summed E-state index contributed by atoms with van der Waals surface area (Å²) in [5.41, 5.74) is 2.39. The molecule has 1 saturated heterocycles. The van der Waals surface area contributed by atoms with E-state index in [1.54, 1.807) is 18.5 Å². The van der Waals surface area contributed by atoms with Gasteiger partial charge >= 0.3 is 12.1 Å². The Labute approximate surface area is 226 Å². The molecule has 3 heterocycles. The van der Waals surface area contributed by atoms with E-state index >= 15 is 0 Å². The Morgan fingerprint density at radius 2 is 1.72 bits per heavy atom. The van der Waals surface area contributed by atoms with Crippen LogP contribution in [0.15, 0.2) is 71.9 Å². The second-order valence-electron chi connectivity index (χ2n) is 8.82. The second kappa shape index (κ2) is 12.2. The molecule has 1 fully saturated rings. The fourth-order valence-corrected chi connectivity index (χ4v) is 4.37. The second-order valence-corrected chi connectivity index (χ2v) is 9.25. The topological polar surface area (TPSA) is 100 Å². The Morgan fingerprint density at radius 1 is 1.03 bits per heavy atom. The third kappa shape index (κ3) is 7.05. The van der Waals surface area contributed by atoms with Crippen LogP contribution < -0.4 is 15.6 Å². The van der Waals surface area contributed by atoms with Crippen LogP contribution in [0.1, 0.15) is 24.8 Å². The number of benzene rings is 2. The Balaban J connectivity index is 0.000000448. The minimum atomic E-state index is -5.08. The molecular formula is C27H25ClF3N5O3. The van der Waals surface area contributed by atoms with E-state index in [0.717, 1.165) is 30.1 Å². The Bertz CT molecular complexity index is 1510. The van der Waals surface area contributed by atoms with Crippen molar-refractivity contribution < 1.29 is 23.1 Å². The number of nitrogens with zero attached hydrogens (tertiary/aromatic N) is 4. The maximum atomic E-state index is 13.2. The van der Waals surface area contributed by atoms with Gasteiger partial charge in [0.1, 0.15) is 18.0 Å². The summed E-state index contributed by atoms with van der Waals surface area (Å²) in [7, 11) is 0. The Kier molecular flexibility index (Phi) is 8.70. The van der Waals surface area contributed by atoms with Crippen molar-refractivity contribution in [1.82, 2.24) is 14.5 Å². The van der Waals surface area contributed by atoms with Gasteiger partial charge < -0.3 is 19.9 Å². The molecular weight excluding hydrogens is 535 g/mol. The molecule has 5 rings (SSSR count). The van der Waals surface area contributed by atoms with Crippen LogP contribution in [0, 0.1) is 0 Å². The summed E-state index contributed by atoms with van der Waals surface area (Å²) in [6.45, 7) is 2.40. The number of aliphatic carboxylic acids is 1. The van der Waals surface area contributed by atoms with Crippen molar-refractivity contribution in [3.8, 4) is 5.69 Å². The van der Waals surface area contributed by atoms with Gasteiger partial charge in [-0.2, -0.15) is 13.2 Å². The molecule has 2 N–H and O–H groups in total. The number of hydrogen-bond acceptors (Lipinski definition) is 6. The first-order valence-corrected chi connectivity index (χ1v) is 12.5. The molecule has 0 unspecified atom stereocenters. The molecule has 0 amide bonds. The lowest BCUT2D eigenvalue weighted by atomic mass is 10.1. The van der Waals surface area contributed by atoms with E-state index in [0.29, 0.717) is 28.3 Å². The van der Waals surface area contributed by atoms with Gasteiger partial charge in [-0.05, 0) is 49.6 Å². The van der Waals surface area contributed by atoms with Crippen molar-refractivity contribution in [1.29, 1.82) is 0 Å². The summed E-state index contributed by atoms with van der Waals surface area (Å²) >= 11 is 6.24. The average molecular weight is 560 g/mol. The van der Waals surface area contributed by atoms with Crippen molar-refractivity contribution in [3.05, 3.63) is 87.9 Å². The lowest BCUT2D eigenvalue weighted by Gasteiger charge is -2.27. The molecule has 1 aliphatic heterocycles. The smallest absolute Gasteiger partial charge is 0.475 e. The summed E-state index contributed by atoms with van der Waals surface area (Å²) in [5.74, 6) is -1.12. The molecule has 0 aliphatic carbocycles. The number of fused-ring (bicyclic) bond motifs is 1. The summed E-state index contributed by atoms with van der Waals surface area (Å²) in [4.78, 5) is 33.2. The zero-order chi connectivity index (χ0) is 28.0. The van der Waals surface area contributed by atoms with Gasteiger partial charge in [0.2, 0.25) is 0 Å². The van der Waals surface area contributed by atoms with E-state index < -0.39 is 12.1 Å². The first-order chi connectivity index (χ1) is 18.6. The number of pyridine rings is 1. The average Bonchev–Trinajstić information content (AvgIpc) is 2.93. The molecule has 0 atom stereocenters. The highest BCUT2D eigenvalue weighted by Crippen LogP contribution is 2.23. The Morgan fingerprint density at radius 3 is 2.38 bits per heavy atom. The molecule has 39 heavy (non-hydrogen) atoms. The number of para-hydroxylation sites is 1. The number of rotatable bonds is 5. The van der Waals surface area contributed by atoms with Crippen LogP contribution in [0.5, 0.6) is 0 Å². The summed E-state index contributed by atoms with van der Waals surface area (Å²) in [6.07, 6.45) is 2.03. The number of aromatic nitrogens is 3. The van der Waals surface area contributed by atoms with Crippen molar-refractivity contribution in [2.75, 3.05) is 23.3 Å². The quantitative estimate of drug-likeness (QED) is 0.325. The van der Waals surface area contributed by atoms with Gasteiger partial charge in [-0.15, -0.1) is 0 Å². The number of carbonyl (C=O) groups is 1. The summed E-state index contributed by atoms with van der Waals surface area (Å²) < 4.78 is 33.7. The van der Waals surface area contributed by atoms with Gasteiger partial charge in [0.05, 0.1) is 5.52 Å². The predicted octanol–water partition coefficient (Wildman–Crippen LogP) is 5.67. The Hall–Kier alpha value is -4.12. The van der Waals surface area contributed by atoms with Crippen LogP contribution in [0.4, 0.5) is 24.8 Å². The number of carboxylic acids is 1. The normalized spacial score (nSPS) is 13.5. The maximum absolute atomic E-state index is 13.2. The van der Waals surface area contributed by atoms with Crippen LogP contribution in [0.2, 0.25) is 5.02 Å². The highest BCUT2D eigenvalue weighted by molar-refractivity contribution is 6.31. The number of hydrogen-bond donors (Lipinski definition) is 2. The summed E-state index contributed by atoms with van der Waals surface area (Å²) in [6, 6.07) is 17.3. The van der Waals surface area contributed by atoms with Crippen molar-refractivity contribution in [3.63, 3.8) is 0 Å². The van der Waals surface area contributed by atoms with Crippen LogP contribution in [-0.2, 0) is 11.3 Å². The largest absolute Gasteiger partial charge is 0.490 e. The lowest BCUT2D eigenvalue weighted by molar-refractivity contribution is -0.192. The van der Waals surface area contributed by atoms with Crippen molar-refractivity contribution >= 4 is 40.1 Å². The molecule has 1 aliphatic rings. The van der Waals surface area contributed by atoms with Crippen LogP contribution >= 0.6 is 11.6 Å². The highest BCUT2D eigenvalue weighted by Gasteiger charge is 2.38. The molecule has 0 bridgehead atoms. The van der Waals surface area contributed by atoms with Gasteiger partial charge in [0, 0.05) is 53.6 Å². The number of halogens is 4. The molecule has 0 spiro atoms. The minimum absolute atomic E-state index is 0.0124. The van der Waals surface area contributed by atoms with Gasteiger partial charge in [-0.25, -0.2) is 14.8 Å². The predicted molar refractivity (Wildman–Crippen MR) is 144 cm³/mol. The third-order valence-corrected chi connectivity index (χ3v) is 6.35. The van der Waals surface area contributed by atoms with Gasteiger partial charge in [-0.1, -0.05) is 29.8 Å². The monoisotopic (exact) mass is 559 g/mol. The standard InChI is InChI=1S/C25H24ClN5O.C2HF3O2/c26-19-9-10-21-22(13-19)31(20-7-3-1-4-8-20)16-18(25(21)32)15-27-23-14-24(29-17-28-23)30-11-5-2-6-12-30;3-2(4,5)1(6)7/h1,3-4,7-10,13-14,16-17H,2,5-6,11-12,15H2,(H,27,28,29);(H,6,7). The summed E-state index contributed by atoms with van der Waals surface area (Å²) in [5, 5.41) is 11.7. The highest BCUT2D eigenvalue weighted by atomic mass is 35.5. The van der Waals surface area contributed by atoms with E-state index in [4.69, 9.17) is 21.5 Å². The molecule has 12 heteroatoms. The third-order valence-electron chi connectivity index (χ3n) is 6.11. The van der Waals surface area contributed by atoms with Crippen LogP contribution in [-0.4, -0.2) is 44.9 Å². The molecule has 204 valence electrons.